The Bertz CT molecular complexity index is 420. The predicted molar refractivity (Wildman–Crippen MR) is 80.2 cm³/mol. The SMILES string of the molecule is COCCCCC(=O)NCC(O)c1cc(Cl)cc(Cl)c1. The Morgan fingerprint density at radius 2 is 1.95 bits per heavy atom. The fourth-order valence-corrected chi connectivity index (χ4v) is 2.26. The van der Waals surface area contributed by atoms with Crippen molar-refractivity contribution in [1.29, 1.82) is 0 Å². The highest BCUT2D eigenvalue weighted by molar-refractivity contribution is 6.34. The number of rotatable bonds is 8. The van der Waals surface area contributed by atoms with Crippen molar-refractivity contribution in [3.63, 3.8) is 0 Å². The van der Waals surface area contributed by atoms with E-state index in [1.165, 1.54) is 0 Å². The minimum Gasteiger partial charge on any atom is -0.387 e. The van der Waals surface area contributed by atoms with Crippen molar-refractivity contribution in [3.8, 4) is 0 Å². The zero-order chi connectivity index (χ0) is 15.0. The summed E-state index contributed by atoms with van der Waals surface area (Å²) in [5.41, 5.74) is 0.585. The van der Waals surface area contributed by atoms with Crippen molar-refractivity contribution in [3.05, 3.63) is 33.8 Å². The molecule has 0 radical (unpaired) electrons. The second-order valence-corrected chi connectivity index (χ2v) is 5.35. The maximum absolute atomic E-state index is 11.6. The lowest BCUT2D eigenvalue weighted by Crippen LogP contribution is -2.28. The summed E-state index contributed by atoms with van der Waals surface area (Å²) in [7, 11) is 1.63. The summed E-state index contributed by atoms with van der Waals surface area (Å²) in [6.07, 6.45) is 1.20. The highest BCUT2D eigenvalue weighted by atomic mass is 35.5. The van der Waals surface area contributed by atoms with Crippen LogP contribution in [0.15, 0.2) is 18.2 Å². The van der Waals surface area contributed by atoms with E-state index in [4.69, 9.17) is 27.9 Å². The van der Waals surface area contributed by atoms with E-state index < -0.39 is 6.10 Å². The lowest BCUT2D eigenvalue weighted by molar-refractivity contribution is -0.121. The van der Waals surface area contributed by atoms with Gasteiger partial charge >= 0.3 is 0 Å². The summed E-state index contributed by atoms with van der Waals surface area (Å²) >= 11 is 11.7. The molecule has 0 saturated heterocycles. The standard InChI is InChI=1S/C14H19Cl2NO3/c1-20-5-3-2-4-14(19)17-9-13(18)10-6-11(15)8-12(16)7-10/h6-8,13,18H,2-5,9H2,1H3,(H,17,19). The molecule has 4 nitrogen and oxygen atoms in total. The van der Waals surface area contributed by atoms with Crippen LogP contribution in [0.5, 0.6) is 0 Å². The second-order valence-electron chi connectivity index (χ2n) is 4.47. The molecule has 20 heavy (non-hydrogen) atoms. The first kappa shape index (κ1) is 17.2. The smallest absolute Gasteiger partial charge is 0.220 e. The number of amides is 1. The molecule has 1 unspecified atom stereocenters. The van der Waals surface area contributed by atoms with E-state index in [2.05, 4.69) is 5.32 Å². The van der Waals surface area contributed by atoms with Crippen molar-refractivity contribution in [2.75, 3.05) is 20.3 Å². The predicted octanol–water partition coefficient (Wildman–Crippen LogP) is 2.96. The molecule has 1 aromatic rings. The van der Waals surface area contributed by atoms with Crippen LogP contribution in [-0.4, -0.2) is 31.3 Å². The highest BCUT2D eigenvalue weighted by Crippen LogP contribution is 2.23. The molecule has 0 saturated carbocycles. The van der Waals surface area contributed by atoms with Crippen molar-refractivity contribution < 1.29 is 14.6 Å². The van der Waals surface area contributed by atoms with Crippen molar-refractivity contribution in [1.82, 2.24) is 5.32 Å². The zero-order valence-electron chi connectivity index (χ0n) is 11.4. The molecule has 112 valence electrons. The normalized spacial score (nSPS) is 12.2. The first-order chi connectivity index (χ1) is 9.52. The van der Waals surface area contributed by atoms with Gasteiger partial charge in [0.25, 0.3) is 0 Å². The summed E-state index contributed by atoms with van der Waals surface area (Å²) in [5.74, 6) is -0.0896. The van der Waals surface area contributed by atoms with Gasteiger partial charge in [-0.15, -0.1) is 0 Å². The van der Waals surface area contributed by atoms with Gasteiger partial charge in [-0.05, 0) is 36.6 Å². The summed E-state index contributed by atoms with van der Waals surface area (Å²) in [4.78, 5) is 11.6. The molecule has 1 amide bonds. The number of halogens is 2. The lowest BCUT2D eigenvalue weighted by Gasteiger charge is -2.13. The highest BCUT2D eigenvalue weighted by Gasteiger charge is 2.11. The molecule has 1 aromatic carbocycles. The first-order valence-corrected chi connectivity index (χ1v) is 7.18. The van der Waals surface area contributed by atoms with E-state index in [9.17, 15) is 9.90 Å². The van der Waals surface area contributed by atoms with Gasteiger partial charge in [-0.3, -0.25) is 4.79 Å². The average molecular weight is 320 g/mol. The minimum absolute atomic E-state index is 0.0896. The maximum Gasteiger partial charge on any atom is 0.220 e. The van der Waals surface area contributed by atoms with Crippen molar-refractivity contribution >= 4 is 29.1 Å². The van der Waals surface area contributed by atoms with Crippen LogP contribution in [0, 0.1) is 0 Å². The number of ether oxygens (including phenoxy) is 1. The Balaban J connectivity index is 2.35. The monoisotopic (exact) mass is 319 g/mol. The Hall–Kier alpha value is -0.810. The Kier molecular flexibility index (Phi) is 7.92. The third-order valence-corrected chi connectivity index (χ3v) is 3.20. The molecule has 1 atom stereocenters. The van der Waals surface area contributed by atoms with E-state index in [1.54, 1.807) is 25.3 Å². The number of methoxy groups -OCH3 is 1. The fourth-order valence-electron chi connectivity index (χ4n) is 1.72. The van der Waals surface area contributed by atoms with Gasteiger partial charge in [-0.2, -0.15) is 0 Å². The molecular weight excluding hydrogens is 301 g/mol. The Morgan fingerprint density at radius 3 is 2.55 bits per heavy atom. The number of carbonyl (C=O) groups excluding carboxylic acids is 1. The number of aliphatic hydroxyl groups excluding tert-OH is 1. The molecule has 6 heteroatoms. The third-order valence-electron chi connectivity index (χ3n) is 2.76. The van der Waals surface area contributed by atoms with Gasteiger partial charge in [-0.25, -0.2) is 0 Å². The van der Waals surface area contributed by atoms with E-state index >= 15 is 0 Å². The number of aliphatic hydroxyl groups is 1. The molecule has 2 N–H and O–H groups in total. The molecule has 0 bridgehead atoms. The van der Waals surface area contributed by atoms with Crippen LogP contribution in [0.2, 0.25) is 10.0 Å². The van der Waals surface area contributed by atoms with E-state index in [0.29, 0.717) is 28.6 Å². The van der Waals surface area contributed by atoms with Crippen LogP contribution >= 0.6 is 23.2 Å². The Morgan fingerprint density at radius 1 is 1.30 bits per heavy atom. The number of hydrogen-bond donors (Lipinski definition) is 2. The molecule has 0 aliphatic carbocycles. The topological polar surface area (TPSA) is 58.6 Å². The molecule has 1 rings (SSSR count). The van der Waals surface area contributed by atoms with Crippen molar-refractivity contribution in [2.24, 2.45) is 0 Å². The molecular formula is C14H19Cl2NO3. The number of nitrogens with one attached hydrogen (secondary N) is 1. The van der Waals surface area contributed by atoms with E-state index in [0.717, 1.165) is 12.8 Å². The van der Waals surface area contributed by atoms with Crippen LogP contribution in [-0.2, 0) is 9.53 Å². The average Bonchev–Trinajstić information content (AvgIpc) is 2.40. The summed E-state index contributed by atoms with van der Waals surface area (Å²) in [6.45, 7) is 0.788. The van der Waals surface area contributed by atoms with Crippen LogP contribution in [0.3, 0.4) is 0 Å². The lowest BCUT2D eigenvalue weighted by atomic mass is 10.1. The third kappa shape index (κ3) is 6.57. The van der Waals surface area contributed by atoms with Gasteiger partial charge in [0.15, 0.2) is 0 Å². The van der Waals surface area contributed by atoms with Gasteiger partial charge in [0, 0.05) is 36.7 Å². The van der Waals surface area contributed by atoms with Gasteiger partial charge in [0.05, 0.1) is 6.10 Å². The van der Waals surface area contributed by atoms with E-state index in [1.807, 2.05) is 0 Å². The second kappa shape index (κ2) is 9.19. The number of benzene rings is 1. The van der Waals surface area contributed by atoms with Gasteiger partial charge in [0.1, 0.15) is 0 Å². The van der Waals surface area contributed by atoms with Gasteiger partial charge < -0.3 is 15.2 Å². The maximum atomic E-state index is 11.6. The quantitative estimate of drug-likeness (QED) is 0.724. The number of unbranched alkanes of at least 4 members (excludes halogenated alkanes) is 1. The van der Waals surface area contributed by atoms with Gasteiger partial charge in [0.2, 0.25) is 5.91 Å². The minimum atomic E-state index is -0.825. The number of carbonyl (C=O) groups is 1. The van der Waals surface area contributed by atoms with Gasteiger partial charge in [-0.1, -0.05) is 23.2 Å². The number of hydrogen-bond acceptors (Lipinski definition) is 3. The molecule has 0 aromatic heterocycles. The Labute approximate surface area is 129 Å². The van der Waals surface area contributed by atoms with Crippen LogP contribution < -0.4 is 5.32 Å². The van der Waals surface area contributed by atoms with Crippen LogP contribution in [0.4, 0.5) is 0 Å². The molecule has 0 aliphatic rings. The van der Waals surface area contributed by atoms with Crippen LogP contribution in [0.25, 0.3) is 0 Å². The van der Waals surface area contributed by atoms with Crippen LogP contribution in [0.1, 0.15) is 30.9 Å². The molecule has 0 spiro atoms. The molecule has 0 aliphatic heterocycles. The van der Waals surface area contributed by atoms with E-state index in [-0.39, 0.29) is 12.5 Å². The zero-order valence-corrected chi connectivity index (χ0v) is 12.9. The molecule has 0 heterocycles. The van der Waals surface area contributed by atoms with Crippen molar-refractivity contribution in [2.45, 2.75) is 25.4 Å². The molecule has 0 fully saturated rings. The summed E-state index contributed by atoms with van der Waals surface area (Å²) < 4.78 is 4.91. The summed E-state index contributed by atoms with van der Waals surface area (Å²) in [6, 6.07) is 4.85. The first-order valence-electron chi connectivity index (χ1n) is 6.42. The largest absolute Gasteiger partial charge is 0.387 e. The fraction of sp³-hybridized carbons (Fsp3) is 0.500. The summed E-state index contributed by atoms with van der Waals surface area (Å²) in [5, 5.41) is 13.6.